The molecule has 4 heteroatoms. The minimum atomic E-state index is 0.0247. The van der Waals surface area contributed by atoms with Crippen molar-refractivity contribution in [3.05, 3.63) is 22.7 Å². The molecule has 1 amide bonds. The molecule has 0 aromatic heterocycles. The van der Waals surface area contributed by atoms with Crippen molar-refractivity contribution >= 4 is 23.2 Å². The van der Waals surface area contributed by atoms with Gasteiger partial charge in [0, 0.05) is 12.7 Å². The van der Waals surface area contributed by atoms with E-state index in [1.54, 1.807) is 24.1 Å². The Kier molecular flexibility index (Phi) is 1.70. The summed E-state index contributed by atoms with van der Waals surface area (Å²) in [7, 11) is 1.70. The maximum Gasteiger partial charge on any atom is 0.231 e. The number of carbonyl (C=O) groups excluding carboxylic acids is 1. The Hall–Kier alpha value is -1.22. The first-order valence-electron chi connectivity index (χ1n) is 3.87. The van der Waals surface area contributed by atoms with E-state index in [1.165, 1.54) is 0 Å². The number of likely N-dealkylation sites (N-methyl/N-ethyl adjacent to an activating group) is 1. The SMILES string of the molecule is CN1C(=O)Cc2cc(O)c(Cl)cc21. The van der Waals surface area contributed by atoms with E-state index >= 15 is 0 Å². The molecule has 0 atom stereocenters. The summed E-state index contributed by atoms with van der Waals surface area (Å²) in [4.78, 5) is 12.8. The molecule has 0 unspecified atom stereocenters. The van der Waals surface area contributed by atoms with Gasteiger partial charge in [-0.3, -0.25) is 4.79 Å². The molecule has 13 heavy (non-hydrogen) atoms. The predicted molar refractivity (Wildman–Crippen MR) is 50.2 cm³/mol. The molecule has 0 saturated heterocycles. The lowest BCUT2D eigenvalue weighted by Crippen LogP contribution is -2.20. The zero-order chi connectivity index (χ0) is 9.59. The number of carbonyl (C=O) groups is 1. The largest absolute Gasteiger partial charge is 0.506 e. The first-order valence-corrected chi connectivity index (χ1v) is 4.25. The van der Waals surface area contributed by atoms with Gasteiger partial charge < -0.3 is 10.0 Å². The van der Waals surface area contributed by atoms with Crippen LogP contribution in [0.25, 0.3) is 0 Å². The highest BCUT2D eigenvalue weighted by molar-refractivity contribution is 6.32. The van der Waals surface area contributed by atoms with Gasteiger partial charge in [0.2, 0.25) is 5.91 Å². The molecule has 0 spiro atoms. The van der Waals surface area contributed by atoms with Crippen molar-refractivity contribution in [2.24, 2.45) is 0 Å². The number of hydrogen-bond acceptors (Lipinski definition) is 2. The molecule has 1 N–H and O–H groups in total. The molecule has 1 aromatic carbocycles. The number of phenolic OH excluding ortho intramolecular Hbond substituents is 1. The summed E-state index contributed by atoms with van der Waals surface area (Å²) in [6, 6.07) is 3.15. The fraction of sp³-hybridized carbons (Fsp3) is 0.222. The molecule has 1 aliphatic rings. The van der Waals surface area contributed by atoms with Crippen molar-refractivity contribution in [1.29, 1.82) is 0 Å². The van der Waals surface area contributed by atoms with Crippen molar-refractivity contribution in [2.45, 2.75) is 6.42 Å². The Bertz CT molecular complexity index is 389. The van der Waals surface area contributed by atoms with Crippen LogP contribution in [0.2, 0.25) is 5.02 Å². The monoisotopic (exact) mass is 197 g/mol. The van der Waals surface area contributed by atoms with Crippen molar-refractivity contribution in [2.75, 3.05) is 11.9 Å². The number of nitrogens with zero attached hydrogens (tertiary/aromatic N) is 1. The summed E-state index contributed by atoms with van der Waals surface area (Å²) >= 11 is 5.72. The highest BCUT2D eigenvalue weighted by Gasteiger charge is 2.25. The topological polar surface area (TPSA) is 40.5 Å². The summed E-state index contributed by atoms with van der Waals surface area (Å²) in [5.74, 6) is 0.0557. The Morgan fingerprint density at radius 2 is 2.23 bits per heavy atom. The third kappa shape index (κ3) is 1.16. The molecule has 0 aliphatic carbocycles. The molecule has 2 rings (SSSR count). The number of halogens is 1. The Morgan fingerprint density at radius 3 is 2.92 bits per heavy atom. The van der Waals surface area contributed by atoms with E-state index in [0.717, 1.165) is 11.3 Å². The van der Waals surface area contributed by atoms with Crippen LogP contribution >= 0.6 is 11.6 Å². The maximum absolute atomic E-state index is 11.3. The van der Waals surface area contributed by atoms with Gasteiger partial charge in [0.25, 0.3) is 0 Å². The summed E-state index contributed by atoms with van der Waals surface area (Å²) in [5.41, 5.74) is 1.61. The van der Waals surface area contributed by atoms with E-state index < -0.39 is 0 Å². The van der Waals surface area contributed by atoms with E-state index in [4.69, 9.17) is 11.6 Å². The van der Waals surface area contributed by atoms with E-state index in [2.05, 4.69) is 0 Å². The smallest absolute Gasteiger partial charge is 0.231 e. The molecular formula is C9H8ClNO2. The Morgan fingerprint density at radius 1 is 1.54 bits per heavy atom. The van der Waals surface area contributed by atoms with Gasteiger partial charge in [0.05, 0.1) is 11.4 Å². The molecule has 0 radical (unpaired) electrons. The quantitative estimate of drug-likeness (QED) is 0.686. The maximum atomic E-state index is 11.3. The van der Waals surface area contributed by atoms with Gasteiger partial charge >= 0.3 is 0 Å². The van der Waals surface area contributed by atoms with Gasteiger partial charge in [-0.1, -0.05) is 11.6 Å². The number of rotatable bonds is 0. The number of hydrogen-bond donors (Lipinski definition) is 1. The minimum Gasteiger partial charge on any atom is -0.506 e. The lowest BCUT2D eigenvalue weighted by Gasteiger charge is -2.10. The van der Waals surface area contributed by atoms with Gasteiger partial charge in [-0.05, 0) is 17.7 Å². The van der Waals surface area contributed by atoms with Gasteiger partial charge in [0.1, 0.15) is 5.75 Å². The number of phenols is 1. The van der Waals surface area contributed by atoms with Gasteiger partial charge in [-0.15, -0.1) is 0 Å². The van der Waals surface area contributed by atoms with Crippen LogP contribution in [0, 0.1) is 0 Å². The van der Waals surface area contributed by atoms with E-state index in [-0.39, 0.29) is 16.7 Å². The van der Waals surface area contributed by atoms with E-state index in [9.17, 15) is 9.90 Å². The first kappa shape index (κ1) is 8.38. The number of amides is 1. The van der Waals surface area contributed by atoms with E-state index in [0.29, 0.717) is 6.42 Å². The van der Waals surface area contributed by atoms with Crippen LogP contribution in [0.15, 0.2) is 12.1 Å². The molecule has 3 nitrogen and oxygen atoms in total. The van der Waals surface area contributed by atoms with Gasteiger partial charge in [0.15, 0.2) is 0 Å². The Labute approximate surface area is 80.5 Å². The average molecular weight is 198 g/mol. The van der Waals surface area contributed by atoms with Crippen LogP contribution in [0.1, 0.15) is 5.56 Å². The van der Waals surface area contributed by atoms with Crippen molar-refractivity contribution in [3.8, 4) is 5.75 Å². The van der Waals surface area contributed by atoms with Crippen LogP contribution in [0.4, 0.5) is 5.69 Å². The van der Waals surface area contributed by atoms with Gasteiger partial charge in [-0.2, -0.15) is 0 Å². The zero-order valence-corrected chi connectivity index (χ0v) is 7.80. The third-order valence-corrected chi connectivity index (χ3v) is 2.53. The molecule has 1 heterocycles. The molecular weight excluding hydrogens is 190 g/mol. The Balaban J connectivity index is 2.59. The lowest BCUT2D eigenvalue weighted by atomic mass is 10.1. The second-order valence-electron chi connectivity index (χ2n) is 3.06. The standard InChI is InChI=1S/C9H8ClNO2/c1-11-7-4-6(10)8(12)2-5(7)3-9(11)13/h2,4,12H,3H2,1H3. The average Bonchev–Trinajstić information content (AvgIpc) is 2.32. The first-order chi connectivity index (χ1) is 6.09. The number of benzene rings is 1. The van der Waals surface area contributed by atoms with Crippen LogP contribution in [-0.4, -0.2) is 18.1 Å². The molecule has 68 valence electrons. The fourth-order valence-corrected chi connectivity index (χ4v) is 1.62. The summed E-state index contributed by atoms with van der Waals surface area (Å²) in [6.07, 6.45) is 0.344. The van der Waals surface area contributed by atoms with Crippen LogP contribution in [-0.2, 0) is 11.2 Å². The highest BCUT2D eigenvalue weighted by atomic mass is 35.5. The van der Waals surface area contributed by atoms with Crippen molar-refractivity contribution in [3.63, 3.8) is 0 Å². The van der Waals surface area contributed by atoms with Crippen LogP contribution < -0.4 is 4.90 Å². The number of anilines is 1. The number of aromatic hydroxyl groups is 1. The second-order valence-corrected chi connectivity index (χ2v) is 3.47. The summed E-state index contributed by atoms with van der Waals surface area (Å²) < 4.78 is 0. The van der Waals surface area contributed by atoms with Crippen molar-refractivity contribution in [1.82, 2.24) is 0 Å². The highest BCUT2D eigenvalue weighted by Crippen LogP contribution is 2.35. The molecule has 0 saturated carbocycles. The minimum absolute atomic E-state index is 0.0247. The van der Waals surface area contributed by atoms with Crippen LogP contribution in [0.3, 0.4) is 0 Å². The van der Waals surface area contributed by atoms with E-state index in [1.807, 2.05) is 0 Å². The second kappa shape index (κ2) is 2.64. The zero-order valence-electron chi connectivity index (χ0n) is 7.04. The number of fused-ring (bicyclic) bond motifs is 1. The van der Waals surface area contributed by atoms with Crippen LogP contribution in [0.5, 0.6) is 5.75 Å². The molecule has 0 bridgehead atoms. The summed E-state index contributed by atoms with van der Waals surface area (Å²) in [5, 5.41) is 9.57. The molecule has 0 fully saturated rings. The lowest BCUT2D eigenvalue weighted by molar-refractivity contribution is -0.117. The summed E-state index contributed by atoms with van der Waals surface area (Å²) in [6.45, 7) is 0. The third-order valence-electron chi connectivity index (χ3n) is 2.23. The van der Waals surface area contributed by atoms with Gasteiger partial charge in [-0.25, -0.2) is 0 Å². The van der Waals surface area contributed by atoms with Crippen molar-refractivity contribution < 1.29 is 9.90 Å². The normalized spacial score (nSPS) is 14.9. The predicted octanol–water partition coefficient (Wildman–Crippen LogP) is 1.56. The fourth-order valence-electron chi connectivity index (χ4n) is 1.46. The molecule has 1 aromatic rings. The molecule has 1 aliphatic heterocycles.